The molecule has 0 atom stereocenters. The summed E-state index contributed by atoms with van der Waals surface area (Å²) in [6.45, 7) is 0. The van der Waals surface area contributed by atoms with Gasteiger partial charge in [-0.05, 0) is 45.5 Å². The van der Waals surface area contributed by atoms with Gasteiger partial charge in [0.25, 0.3) is 5.56 Å². The molecule has 0 unspecified atom stereocenters. The predicted molar refractivity (Wildman–Crippen MR) is 67.9 cm³/mol. The summed E-state index contributed by atoms with van der Waals surface area (Å²) in [6.07, 6.45) is 1.68. The molecule has 16 heavy (non-hydrogen) atoms. The van der Waals surface area contributed by atoms with Crippen LogP contribution in [0.1, 0.15) is 0 Å². The first kappa shape index (κ1) is 9.36. The number of rotatable bonds is 1. The minimum Gasteiger partial charge on any atom is -0.329 e. The lowest BCUT2D eigenvalue weighted by atomic mass is 10.1. The number of pyridine rings is 1. The Hall–Kier alpha value is -1.87. The van der Waals surface area contributed by atoms with Crippen LogP contribution in [0.5, 0.6) is 0 Å². The van der Waals surface area contributed by atoms with E-state index in [4.69, 9.17) is 0 Å². The second kappa shape index (κ2) is 3.61. The van der Waals surface area contributed by atoms with Gasteiger partial charge in [0.05, 0.1) is 0 Å². The SMILES string of the molecule is O=c1[nH]ccc2ccc(-c3ccsc3)cc12. The summed E-state index contributed by atoms with van der Waals surface area (Å²) in [7, 11) is 0. The van der Waals surface area contributed by atoms with Crippen LogP contribution in [0.25, 0.3) is 21.9 Å². The molecule has 3 aromatic rings. The van der Waals surface area contributed by atoms with Crippen molar-refractivity contribution in [2.75, 3.05) is 0 Å². The highest BCUT2D eigenvalue weighted by molar-refractivity contribution is 7.08. The van der Waals surface area contributed by atoms with E-state index in [0.717, 1.165) is 21.9 Å². The second-order valence-corrected chi connectivity index (χ2v) is 4.40. The van der Waals surface area contributed by atoms with E-state index in [-0.39, 0.29) is 5.56 Å². The van der Waals surface area contributed by atoms with Crippen molar-refractivity contribution in [3.63, 3.8) is 0 Å². The number of hydrogen-bond acceptors (Lipinski definition) is 2. The Bertz CT molecular complexity index is 682. The minimum atomic E-state index is -0.0328. The number of thiophene rings is 1. The van der Waals surface area contributed by atoms with Crippen molar-refractivity contribution in [2.24, 2.45) is 0 Å². The third-order valence-corrected chi connectivity index (χ3v) is 3.31. The quantitative estimate of drug-likeness (QED) is 0.680. The largest absolute Gasteiger partial charge is 0.329 e. The van der Waals surface area contributed by atoms with Crippen LogP contribution in [0.3, 0.4) is 0 Å². The summed E-state index contributed by atoms with van der Waals surface area (Å²) in [5.74, 6) is 0. The van der Waals surface area contributed by atoms with Crippen LogP contribution in [0.15, 0.2) is 52.1 Å². The highest BCUT2D eigenvalue weighted by Crippen LogP contribution is 2.24. The zero-order chi connectivity index (χ0) is 11.0. The molecule has 78 valence electrons. The van der Waals surface area contributed by atoms with E-state index < -0.39 is 0 Å². The lowest BCUT2D eigenvalue weighted by Crippen LogP contribution is -2.04. The van der Waals surface area contributed by atoms with Gasteiger partial charge in [0.1, 0.15) is 0 Å². The monoisotopic (exact) mass is 227 g/mol. The maximum absolute atomic E-state index is 11.6. The standard InChI is InChI=1S/C13H9NOS/c15-13-12-7-10(11-4-6-16-8-11)2-1-9(12)3-5-14-13/h1-8H,(H,14,15). The molecule has 0 radical (unpaired) electrons. The Morgan fingerprint density at radius 1 is 1.06 bits per heavy atom. The molecule has 2 nitrogen and oxygen atoms in total. The third kappa shape index (κ3) is 1.46. The molecule has 0 aliphatic heterocycles. The predicted octanol–water partition coefficient (Wildman–Crippen LogP) is 3.26. The van der Waals surface area contributed by atoms with E-state index in [2.05, 4.69) is 16.4 Å². The fraction of sp³-hybridized carbons (Fsp3) is 0. The van der Waals surface area contributed by atoms with Gasteiger partial charge in [0, 0.05) is 11.6 Å². The number of aromatic nitrogens is 1. The molecule has 3 heteroatoms. The van der Waals surface area contributed by atoms with E-state index in [1.807, 2.05) is 29.6 Å². The number of fused-ring (bicyclic) bond motifs is 1. The van der Waals surface area contributed by atoms with Crippen LogP contribution in [0.2, 0.25) is 0 Å². The fourth-order valence-corrected chi connectivity index (χ4v) is 2.46. The maximum atomic E-state index is 11.6. The van der Waals surface area contributed by atoms with E-state index >= 15 is 0 Å². The fourth-order valence-electron chi connectivity index (χ4n) is 1.79. The highest BCUT2D eigenvalue weighted by atomic mass is 32.1. The number of hydrogen-bond donors (Lipinski definition) is 1. The summed E-state index contributed by atoms with van der Waals surface area (Å²) in [6, 6.07) is 9.94. The number of benzene rings is 1. The summed E-state index contributed by atoms with van der Waals surface area (Å²) in [5, 5.41) is 5.83. The summed E-state index contributed by atoms with van der Waals surface area (Å²) in [5.41, 5.74) is 2.22. The van der Waals surface area contributed by atoms with Crippen LogP contribution >= 0.6 is 11.3 Å². The average molecular weight is 227 g/mol. The van der Waals surface area contributed by atoms with Gasteiger partial charge >= 0.3 is 0 Å². The van der Waals surface area contributed by atoms with E-state index in [1.165, 1.54) is 0 Å². The minimum absolute atomic E-state index is 0.0328. The van der Waals surface area contributed by atoms with Crippen molar-refractivity contribution in [2.45, 2.75) is 0 Å². The molecule has 0 fully saturated rings. The summed E-state index contributed by atoms with van der Waals surface area (Å²) < 4.78 is 0. The van der Waals surface area contributed by atoms with Gasteiger partial charge < -0.3 is 4.98 Å². The molecular weight excluding hydrogens is 218 g/mol. The molecule has 1 aromatic carbocycles. The van der Waals surface area contributed by atoms with Gasteiger partial charge in [0.2, 0.25) is 0 Å². The van der Waals surface area contributed by atoms with Crippen molar-refractivity contribution in [3.05, 3.63) is 57.6 Å². The zero-order valence-electron chi connectivity index (χ0n) is 8.44. The van der Waals surface area contributed by atoms with Crippen molar-refractivity contribution >= 4 is 22.1 Å². The molecule has 2 heterocycles. The normalized spacial score (nSPS) is 10.8. The Kier molecular flexibility index (Phi) is 2.11. The van der Waals surface area contributed by atoms with Crippen LogP contribution in [-0.2, 0) is 0 Å². The topological polar surface area (TPSA) is 32.9 Å². The van der Waals surface area contributed by atoms with Crippen molar-refractivity contribution in [1.82, 2.24) is 4.98 Å². The van der Waals surface area contributed by atoms with Crippen LogP contribution < -0.4 is 5.56 Å². The summed E-state index contributed by atoms with van der Waals surface area (Å²) in [4.78, 5) is 14.3. The third-order valence-electron chi connectivity index (χ3n) is 2.63. The smallest absolute Gasteiger partial charge is 0.255 e. The first-order valence-electron chi connectivity index (χ1n) is 4.98. The zero-order valence-corrected chi connectivity index (χ0v) is 9.25. The highest BCUT2D eigenvalue weighted by Gasteiger charge is 2.02. The van der Waals surface area contributed by atoms with Crippen molar-refractivity contribution in [1.29, 1.82) is 0 Å². The molecule has 2 aromatic heterocycles. The Morgan fingerprint density at radius 3 is 2.81 bits per heavy atom. The molecular formula is C13H9NOS. The van der Waals surface area contributed by atoms with Gasteiger partial charge in [-0.2, -0.15) is 11.3 Å². The van der Waals surface area contributed by atoms with Gasteiger partial charge in [0.15, 0.2) is 0 Å². The molecule has 1 N–H and O–H groups in total. The lowest BCUT2D eigenvalue weighted by Gasteiger charge is -2.00. The lowest BCUT2D eigenvalue weighted by molar-refractivity contribution is 1.28. The van der Waals surface area contributed by atoms with Crippen LogP contribution in [0, 0.1) is 0 Å². The molecule has 0 aliphatic rings. The Balaban J connectivity index is 2.31. The van der Waals surface area contributed by atoms with E-state index in [1.54, 1.807) is 17.5 Å². The molecule has 0 spiro atoms. The number of nitrogens with one attached hydrogen (secondary N) is 1. The molecule has 3 rings (SSSR count). The van der Waals surface area contributed by atoms with Crippen LogP contribution in [0.4, 0.5) is 0 Å². The number of aromatic amines is 1. The van der Waals surface area contributed by atoms with Gasteiger partial charge in [-0.1, -0.05) is 12.1 Å². The van der Waals surface area contributed by atoms with Gasteiger partial charge in [-0.25, -0.2) is 0 Å². The molecule has 0 saturated heterocycles. The molecule has 0 aliphatic carbocycles. The summed E-state index contributed by atoms with van der Waals surface area (Å²) >= 11 is 1.66. The van der Waals surface area contributed by atoms with Crippen molar-refractivity contribution < 1.29 is 0 Å². The maximum Gasteiger partial charge on any atom is 0.255 e. The first-order chi connectivity index (χ1) is 7.84. The molecule has 0 amide bonds. The van der Waals surface area contributed by atoms with Gasteiger partial charge in [-0.15, -0.1) is 0 Å². The van der Waals surface area contributed by atoms with E-state index in [0.29, 0.717) is 0 Å². The van der Waals surface area contributed by atoms with E-state index in [9.17, 15) is 4.79 Å². The first-order valence-corrected chi connectivity index (χ1v) is 5.93. The number of H-pyrrole nitrogens is 1. The Labute approximate surface area is 96.2 Å². The second-order valence-electron chi connectivity index (χ2n) is 3.62. The van der Waals surface area contributed by atoms with Crippen molar-refractivity contribution in [3.8, 4) is 11.1 Å². The molecule has 0 saturated carbocycles. The molecule has 0 bridgehead atoms. The van der Waals surface area contributed by atoms with Crippen LogP contribution in [-0.4, -0.2) is 4.98 Å². The Morgan fingerprint density at radius 2 is 2.00 bits per heavy atom. The van der Waals surface area contributed by atoms with Gasteiger partial charge in [-0.3, -0.25) is 4.79 Å². The average Bonchev–Trinajstić information content (AvgIpc) is 2.83.